The molecule has 7 heteroatoms. The predicted molar refractivity (Wildman–Crippen MR) is 104 cm³/mol. The number of aromatic nitrogens is 2. The molecule has 144 valence electrons. The monoisotopic (exact) mass is 379 g/mol. The molecule has 7 nitrogen and oxygen atoms in total. The van der Waals surface area contributed by atoms with Crippen molar-refractivity contribution in [1.82, 2.24) is 15.1 Å². The fourth-order valence-corrected chi connectivity index (χ4v) is 3.39. The Morgan fingerprint density at radius 1 is 1.14 bits per heavy atom. The third-order valence-corrected chi connectivity index (χ3v) is 4.86. The van der Waals surface area contributed by atoms with Crippen molar-refractivity contribution in [3.05, 3.63) is 54.2 Å². The average Bonchev–Trinajstić information content (AvgIpc) is 3.23. The van der Waals surface area contributed by atoms with Crippen LogP contribution in [0.4, 0.5) is 0 Å². The second-order valence-corrected chi connectivity index (χ2v) is 6.49. The van der Waals surface area contributed by atoms with Gasteiger partial charge in [-0.15, -0.1) is 0 Å². The summed E-state index contributed by atoms with van der Waals surface area (Å²) in [5.41, 5.74) is 3.33. The third kappa shape index (κ3) is 3.32. The molecule has 4 rings (SSSR count). The Morgan fingerprint density at radius 2 is 1.93 bits per heavy atom. The lowest BCUT2D eigenvalue weighted by Crippen LogP contribution is -2.40. The summed E-state index contributed by atoms with van der Waals surface area (Å²) in [6.07, 6.45) is 1.67. The molecular formula is C21H21N3O4. The standard InChI is InChI=1S/C21H21N3O4/c1-27-14-6-7-17(19(25)12-14)20-18(13-22-23-20)15-4-2-3-5-16(15)21(26)24-8-10-28-11-9-24/h2-7,12-13,25H,8-11H2,1H3,(H,22,23). The first-order valence-corrected chi connectivity index (χ1v) is 9.06. The normalized spacial score (nSPS) is 14.1. The van der Waals surface area contributed by atoms with Gasteiger partial charge in [0.15, 0.2) is 0 Å². The van der Waals surface area contributed by atoms with Gasteiger partial charge in [0, 0.05) is 35.8 Å². The van der Waals surface area contributed by atoms with Crippen molar-refractivity contribution in [2.45, 2.75) is 0 Å². The lowest BCUT2D eigenvalue weighted by Gasteiger charge is -2.27. The van der Waals surface area contributed by atoms with Crippen molar-refractivity contribution in [1.29, 1.82) is 0 Å². The number of ether oxygens (including phenoxy) is 2. The number of phenolic OH excluding ortho intramolecular Hbond substituents is 1. The zero-order valence-corrected chi connectivity index (χ0v) is 15.5. The molecule has 2 aromatic carbocycles. The number of phenols is 1. The third-order valence-electron chi connectivity index (χ3n) is 4.86. The molecule has 1 saturated heterocycles. The molecule has 0 unspecified atom stereocenters. The first-order valence-electron chi connectivity index (χ1n) is 9.06. The van der Waals surface area contributed by atoms with Crippen LogP contribution in [0.15, 0.2) is 48.7 Å². The molecule has 0 spiro atoms. The van der Waals surface area contributed by atoms with Crippen LogP contribution in [0.1, 0.15) is 10.4 Å². The minimum atomic E-state index is -0.0370. The topological polar surface area (TPSA) is 87.7 Å². The van der Waals surface area contributed by atoms with Gasteiger partial charge in [-0.25, -0.2) is 0 Å². The lowest BCUT2D eigenvalue weighted by atomic mass is 9.96. The number of nitrogens with one attached hydrogen (secondary N) is 1. The fourth-order valence-electron chi connectivity index (χ4n) is 3.39. The molecule has 2 N–H and O–H groups in total. The molecule has 0 radical (unpaired) electrons. The van der Waals surface area contributed by atoms with Crippen LogP contribution in [0.2, 0.25) is 0 Å². The van der Waals surface area contributed by atoms with E-state index in [0.29, 0.717) is 48.9 Å². The smallest absolute Gasteiger partial charge is 0.254 e. The van der Waals surface area contributed by atoms with Gasteiger partial charge < -0.3 is 19.5 Å². The number of hydrogen-bond acceptors (Lipinski definition) is 5. The summed E-state index contributed by atoms with van der Waals surface area (Å²) in [7, 11) is 1.55. The predicted octanol–water partition coefficient (Wildman–Crippen LogP) is 2.93. The quantitative estimate of drug-likeness (QED) is 0.728. The average molecular weight is 379 g/mol. The van der Waals surface area contributed by atoms with Crippen LogP contribution in [0, 0.1) is 0 Å². The maximum absolute atomic E-state index is 13.1. The highest BCUT2D eigenvalue weighted by atomic mass is 16.5. The van der Waals surface area contributed by atoms with E-state index in [0.717, 1.165) is 11.1 Å². The number of aromatic amines is 1. The number of rotatable bonds is 4. The maximum atomic E-state index is 13.1. The second kappa shape index (κ2) is 7.74. The summed E-state index contributed by atoms with van der Waals surface area (Å²) in [4.78, 5) is 14.9. The van der Waals surface area contributed by atoms with E-state index in [4.69, 9.17) is 9.47 Å². The molecule has 0 bridgehead atoms. The Hall–Kier alpha value is -3.32. The molecule has 28 heavy (non-hydrogen) atoms. The Morgan fingerprint density at radius 3 is 2.68 bits per heavy atom. The molecule has 1 aliphatic rings. The van der Waals surface area contributed by atoms with Gasteiger partial charge in [0.05, 0.1) is 32.2 Å². The summed E-state index contributed by atoms with van der Waals surface area (Å²) in [5.74, 6) is 0.594. The molecule has 1 amide bonds. The van der Waals surface area contributed by atoms with E-state index in [1.807, 2.05) is 24.3 Å². The Kier molecular flexibility index (Phi) is 4.99. The van der Waals surface area contributed by atoms with E-state index in [2.05, 4.69) is 10.2 Å². The van der Waals surface area contributed by atoms with Crippen molar-refractivity contribution >= 4 is 5.91 Å². The summed E-state index contributed by atoms with van der Waals surface area (Å²) in [6.45, 7) is 2.24. The summed E-state index contributed by atoms with van der Waals surface area (Å²) < 4.78 is 10.5. The number of amides is 1. The summed E-state index contributed by atoms with van der Waals surface area (Å²) in [5, 5.41) is 17.5. The van der Waals surface area contributed by atoms with Crippen LogP contribution in [0.3, 0.4) is 0 Å². The zero-order valence-electron chi connectivity index (χ0n) is 15.5. The number of aromatic hydroxyl groups is 1. The van der Waals surface area contributed by atoms with Crippen LogP contribution in [0.25, 0.3) is 22.4 Å². The first kappa shape index (κ1) is 18.1. The first-order chi connectivity index (χ1) is 13.7. The lowest BCUT2D eigenvalue weighted by molar-refractivity contribution is 0.0303. The van der Waals surface area contributed by atoms with Gasteiger partial charge in [0.25, 0.3) is 5.91 Å². The minimum Gasteiger partial charge on any atom is -0.507 e. The van der Waals surface area contributed by atoms with Crippen LogP contribution >= 0.6 is 0 Å². The minimum absolute atomic E-state index is 0.0370. The number of benzene rings is 2. The van der Waals surface area contributed by atoms with Gasteiger partial charge in [-0.3, -0.25) is 9.89 Å². The van der Waals surface area contributed by atoms with Gasteiger partial charge >= 0.3 is 0 Å². The molecular weight excluding hydrogens is 358 g/mol. The van der Waals surface area contributed by atoms with E-state index >= 15 is 0 Å². The summed E-state index contributed by atoms with van der Waals surface area (Å²) in [6, 6.07) is 12.5. The van der Waals surface area contributed by atoms with Crippen LogP contribution in [-0.4, -0.2) is 59.5 Å². The Labute approximate surface area is 162 Å². The molecule has 2 heterocycles. The van der Waals surface area contributed by atoms with E-state index in [9.17, 15) is 9.90 Å². The molecule has 1 aromatic heterocycles. The molecule has 3 aromatic rings. The Bertz CT molecular complexity index is 993. The molecule has 0 saturated carbocycles. The van der Waals surface area contributed by atoms with E-state index in [-0.39, 0.29) is 11.7 Å². The van der Waals surface area contributed by atoms with Crippen LogP contribution < -0.4 is 4.74 Å². The van der Waals surface area contributed by atoms with Crippen molar-refractivity contribution < 1.29 is 19.4 Å². The van der Waals surface area contributed by atoms with Crippen LogP contribution in [-0.2, 0) is 4.74 Å². The highest BCUT2D eigenvalue weighted by Gasteiger charge is 2.23. The van der Waals surface area contributed by atoms with Gasteiger partial charge in [0.1, 0.15) is 11.5 Å². The number of carbonyl (C=O) groups is 1. The van der Waals surface area contributed by atoms with E-state index < -0.39 is 0 Å². The maximum Gasteiger partial charge on any atom is 0.254 e. The molecule has 1 fully saturated rings. The van der Waals surface area contributed by atoms with E-state index in [1.54, 1.807) is 36.4 Å². The highest BCUT2D eigenvalue weighted by Crippen LogP contribution is 2.38. The van der Waals surface area contributed by atoms with Crippen molar-refractivity contribution in [3.8, 4) is 33.9 Å². The molecule has 0 aliphatic carbocycles. The number of hydrogen-bond donors (Lipinski definition) is 2. The number of methoxy groups -OCH3 is 1. The van der Waals surface area contributed by atoms with Crippen LogP contribution in [0.5, 0.6) is 11.5 Å². The number of nitrogens with zero attached hydrogens (tertiary/aromatic N) is 2. The summed E-state index contributed by atoms with van der Waals surface area (Å²) >= 11 is 0. The number of morpholine rings is 1. The number of H-pyrrole nitrogens is 1. The zero-order chi connectivity index (χ0) is 19.5. The van der Waals surface area contributed by atoms with Gasteiger partial charge in [-0.05, 0) is 23.8 Å². The van der Waals surface area contributed by atoms with E-state index in [1.165, 1.54) is 0 Å². The van der Waals surface area contributed by atoms with Crippen molar-refractivity contribution in [2.75, 3.05) is 33.4 Å². The van der Waals surface area contributed by atoms with Crippen molar-refractivity contribution in [2.24, 2.45) is 0 Å². The molecule has 1 aliphatic heterocycles. The van der Waals surface area contributed by atoms with Gasteiger partial charge in [-0.1, -0.05) is 18.2 Å². The van der Waals surface area contributed by atoms with Gasteiger partial charge in [-0.2, -0.15) is 5.10 Å². The SMILES string of the molecule is COc1ccc(-c2[nH]ncc2-c2ccccc2C(=O)N2CCOCC2)c(O)c1. The molecule has 0 atom stereocenters. The highest BCUT2D eigenvalue weighted by molar-refractivity contribution is 6.02. The number of carbonyl (C=O) groups excluding carboxylic acids is 1. The Balaban J connectivity index is 1.76. The van der Waals surface area contributed by atoms with Crippen molar-refractivity contribution in [3.63, 3.8) is 0 Å². The van der Waals surface area contributed by atoms with Gasteiger partial charge in [0.2, 0.25) is 0 Å². The fraction of sp³-hybridized carbons (Fsp3) is 0.238. The largest absolute Gasteiger partial charge is 0.507 e. The second-order valence-electron chi connectivity index (χ2n) is 6.49.